The summed E-state index contributed by atoms with van der Waals surface area (Å²) in [5.41, 5.74) is 8.02. The fourth-order valence-corrected chi connectivity index (χ4v) is 3.98. The number of nitrogens with zero attached hydrogens (tertiary/aromatic N) is 2. The largest absolute Gasteiger partial charge is 0.496 e. The maximum Gasteiger partial charge on any atom is 0.150 e. The van der Waals surface area contributed by atoms with Gasteiger partial charge in [0.05, 0.1) is 18.5 Å². The number of fused-ring (bicyclic) bond motifs is 3. The molecule has 1 aliphatic heterocycles. The minimum Gasteiger partial charge on any atom is -0.496 e. The van der Waals surface area contributed by atoms with E-state index in [1.165, 1.54) is 16.7 Å². The first-order valence-corrected chi connectivity index (χ1v) is 9.05. The number of methoxy groups -OCH3 is 1. The van der Waals surface area contributed by atoms with Crippen molar-refractivity contribution in [3.63, 3.8) is 0 Å². The van der Waals surface area contributed by atoms with Crippen LogP contribution in [-0.2, 0) is 0 Å². The summed E-state index contributed by atoms with van der Waals surface area (Å²) in [7, 11) is 1.70. The van der Waals surface area contributed by atoms with Gasteiger partial charge in [-0.25, -0.2) is 4.68 Å². The van der Waals surface area contributed by atoms with Crippen LogP contribution >= 0.6 is 15.9 Å². The van der Waals surface area contributed by atoms with Crippen LogP contribution in [0.4, 0.5) is 5.69 Å². The van der Waals surface area contributed by atoms with E-state index in [0.29, 0.717) is 0 Å². The molecule has 0 aliphatic carbocycles. The molecule has 1 aliphatic rings. The molecule has 0 fully saturated rings. The molecule has 5 heteroatoms. The second kappa shape index (κ2) is 5.92. The summed E-state index contributed by atoms with van der Waals surface area (Å²) in [6.45, 7) is 6.31. The Bertz CT molecular complexity index is 977. The molecule has 25 heavy (non-hydrogen) atoms. The number of benzene rings is 2. The summed E-state index contributed by atoms with van der Waals surface area (Å²) in [6.07, 6.45) is -0.120. The normalized spacial score (nSPS) is 15.3. The smallest absolute Gasteiger partial charge is 0.150 e. The van der Waals surface area contributed by atoms with Crippen LogP contribution in [0.2, 0.25) is 0 Å². The molecule has 2 heterocycles. The lowest BCUT2D eigenvalue weighted by molar-refractivity contribution is 0.401. The predicted octanol–water partition coefficient (Wildman–Crippen LogP) is 5.22. The monoisotopic (exact) mass is 397 g/mol. The molecule has 2 aromatic carbocycles. The Hall–Kier alpha value is -2.27. The van der Waals surface area contributed by atoms with Gasteiger partial charge in [-0.3, -0.25) is 0 Å². The van der Waals surface area contributed by atoms with E-state index in [2.05, 4.69) is 64.0 Å². The Labute approximate surface area is 156 Å². The number of hydrogen-bond acceptors (Lipinski definition) is 3. The standard InChI is InChI=1S/C20H20BrN3O/c1-11-7-12(2)19-15(8-11)17-9-13(3)23-24(17)20(22-19)16-10-14(21)5-6-18(16)25-4/h5-10,20,22H,1-4H3/t20-/m1/s1. The highest BCUT2D eigenvalue weighted by molar-refractivity contribution is 9.10. The molecule has 3 aromatic rings. The molecule has 0 unspecified atom stereocenters. The molecule has 0 bridgehead atoms. The zero-order valence-corrected chi connectivity index (χ0v) is 16.3. The highest BCUT2D eigenvalue weighted by Crippen LogP contribution is 2.43. The SMILES string of the molecule is COc1ccc(Br)cc1[C@@H]1Nc2c(C)cc(C)cc2-c2cc(C)nn21. The molecular formula is C20H20BrN3O. The quantitative estimate of drug-likeness (QED) is 0.644. The zero-order valence-electron chi connectivity index (χ0n) is 14.7. The molecule has 0 amide bonds. The second-order valence-corrected chi connectivity index (χ2v) is 7.47. The highest BCUT2D eigenvalue weighted by atomic mass is 79.9. The van der Waals surface area contributed by atoms with Crippen molar-refractivity contribution >= 4 is 21.6 Å². The van der Waals surface area contributed by atoms with Crippen molar-refractivity contribution in [2.45, 2.75) is 26.9 Å². The Kier molecular flexibility index (Phi) is 3.84. The van der Waals surface area contributed by atoms with E-state index < -0.39 is 0 Å². The van der Waals surface area contributed by atoms with Crippen molar-refractivity contribution < 1.29 is 4.74 Å². The van der Waals surface area contributed by atoms with Crippen LogP contribution < -0.4 is 10.1 Å². The van der Waals surface area contributed by atoms with E-state index in [9.17, 15) is 0 Å². The van der Waals surface area contributed by atoms with Gasteiger partial charge in [0, 0.05) is 21.3 Å². The van der Waals surface area contributed by atoms with Gasteiger partial charge in [0.2, 0.25) is 0 Å². The molecule has 4 nitrogen and oxygen atoms in total. The van der Waals surface area contributed by atoms with Crippen LogP contribution in [0.25, 0.3) is 11.3 Å². The molecular weight excluding hydrogens is 378 g/mol. The number of hydrogen-bond donors (Lipinski definition) is 1. The van der Waals surface area contributed by atoms with Gasteiger partial charge in [0.15, 0.2) is 6.17 Å². The van der Waals surface area contributed by atoms with E-state index in [0.717, 1.165) is 32.9 Å². The fourth-order valence-electron chi connectivity index (χ4n) is 3.60. The summed E-state index contributed by atoms with van der Waals surface area (Å²) in [6, 6.07) is 12.6. The van der Waals surface area contributed by atoms with Gasteiger partial charge in [-0.15, -0.1) is 0 Å². The fraction of sp³-hybridized carbons (Fsp3) is 0.250. The molecule has 1 atom stereocenters. The van der Waals surface area contributed by atoms with Crippen LogP contribution in [0.1, 0.15) is 28.6 Å². The molecule has 0 saturated heterocycles. The molecule has 0 saturated carbocycles. The van der Waals surface area contributed by atoms with E-state index in [4.69, 9.17) is 9.84 Å². The van der Waals surface area contributed by atoms with Gasteiger partial charge >= 0.3 is 0 Å². The summed E-state index contributed by atoms with van der Waals surface area (Å²) in [5.74, 6) is 0.841. The Morgan fingerprint density at radius 2 is 1.92 bits per heavy atom. The Morgan fingerprint density at radius 1 is 1.12 bits per heavy atom. The Balaban J connectivity index is 1.97. The van der Waals surface area contributed by atoms with Crippen molar-refractivity contribution in [2.75, 3.05) is 12.4 Å². The highest BCUT2D eigenvalue weighted by Gasteiger charge is 2.29. The van der Waals surface area contributed by atoms with Crippen molar-refractivity contribution in [3.8, 4) is 17.0 Å². The molecule has 1 aromatic heterocycles. The van der Waals surface area contributed by atoms with Gasteiger partial charge < -0.3 is 10.1 Å². The van der Waals surface area contributed by atoms with E-state index in [1.807, 2.05) is 19.1 Å². The maximum absolute atomic E-state index is 5.61. The number of aryl methyl sites for hydroxylation is 3. The first-order chi connectivity index (χ1) is 12.0. The zero-order chi connectivity index (χ0) is 17.7. The van der Waals surface area contributed by atoms with E-state index in [-0.39, 0.29) is 6.17 Å². The minimum absolute atomic E-state index is 0.120. The lowest BCUT2D eigenvalue weighted by Gasteiger charge is -2.31. The molecule has 128 valence electrons. The molecule has 0 radical (unpaired) electrons. The third kappa shape index (κ3) is 2.63. The van der Waals surface area contributed by atoms with Gasteiger partial charge in [-0.2, -0.15) is 5.10 Å². The van der Waals surface area contributed by atoms with Crippen LogP contribution in [-0.4, -0.2) is 16.9 Å². The average Bonchev–Trinajstić information content (AvgIpc) is 2.96. The summed E-state index contributed by atoms with van der Waals surface area (Å²) >= 11 is 3.58. The number of aromatic nitrogens is 2. The van der Waals surface area contributed by atoms with Crippen molar-refractivity contribution in [1.29, 1.82) is 0 Å². The summed E-state index contributed by atoms with van der Waals surface area (Å²) in [4.78, 5) is 0. The summed E-state index contributed by atoms with van der Waals surface area (Å²) in [5, 5.41) is 8.44. The summed E-state index contributed by atoms with van der Waals surface area (Å²) < 4.78 is 8.68. The van der Waals surface area contributed by atoms with Crippen LogP contribution in [0.15, 0.2) is 40.9 Å². The first-order valence-electron chi connectivity index (χ1n) is 8.25. The van der Waals surface area contributed by atoms with Crippen LogP contribution in [0.5, 0.6) is 5.75 Å². The average molecular weight is 398 g/mol. The Morgan fingerprint density at radius 3 is 2.68 bits per heavy atom. The van der Waals surface area contributed by atoms with Crippen LogP contribution in [0, 0.1) is 20.8 Å². The topological polar surface area (TPSA) is 39.1 Å². The van der Waals surface area contributed by atoms with Crippen molar-refractivity contribution in [2.24, 2.45) is 0 Å². The number of rotatable bonds is 2. The molecule has 0 spiro atoms. The predicted molar refractivity (Wildman–Crippen MR) is 104 cm³/mol. The lowest BCUT2D eigenvalue weighted by atomic mass is 9.98. The molecule has 1 N–H and O–H groups in total. The number of ether oxygens (including phenoxy) is 1. The first kappa shape index (κ1) is 16.2. The minimum atomic E-state index is -0.120. The van der Waals surface area contributed by atoms with Gasteiger partial charge in [-0.1, -0.05) is 27.6 Å². The van der Waals surface area contributed by atoms with Crippen molar-refractivity contribution in [3.05, 3.63) is 63.3 Å². The maximum atomic E-state index is 5.61. The van der Waals surface area contributed by atoms with Gasteiger partial charge in [0.1, 0.15) is 5.75 Å². The second-order valence-electron chi connectivity index (χ2n) is 6.55. The van der Waals surface area contributed by atoms with Crippen LogP contribution in [0.3, 0.4) is 0 Å². The van der Waals surface area contributed by atoms with Crippen molar-refractivity contribution in [1.82, 2.24) is 9.78 Å². The lowest BCUT2D eigenvalue weighted by Crippen LogP contribution is -2.26. The number of nitrogens with one attached hydrogen (secondary N) is 1. The molecule has 4 rings (SSSR count). The third-order valence-corrected chi connectivity index (χ3v) is 5.12. The number of halogens is 1. The van der Waals surface area contributed by atoms with E-state index in [1.54, 1.807) is 7.11 Å². The third-order valence-electron chi connectivity index (χ3n) is 4.63. The number of anilines is 1. The van der Waals surface area contributed by atoms with Gasteiger partial charge in [0.25, 0.3) is 0 Å². The van der Waals surface area contributed by atoms with Gasteiger partial charge in [-0.05, 0) is 56.7 Å². The van der Waals surface area contributed by atoms with E-state index >= 15 is 0 Å².